The fourth-order valence-electron chi connectivity index (χ4n) is 3.30. The number of pyridine rings is 1. The summed E-state index contributed by atoms with van der Waals surface area (Å²) in [6.45, 7) is 7.77. The molecule has 0 unspecified atom stereocenters. The Morgan fingerprint density at radius 2 is 1.76 bits per heavy atom. The monoisotopic (exact) mass is 387 g/mol. The van der Waals surface area contributed by atoms with Crippen LogP contribution in [0.1, 0.15) is 42.6 Å². The molecule has 1 heterocycles. The van der Waals surface area contributed by atoms with E-state index in [1.165, 1.54) is 0 Å². The number of nitrogens with zero attached hydrogens (tertiary/aromatic N) is 2. The summed E-state index contributed by atoms with van der Waals surface area (Å²) >= 11 is 0. The molecular formula is C25H29N3O. The van der Waals surface area contributed by atoms with E-state index in [2.05, 4.69) is 30.2 Å². The number of benzene rings is 2. The summed E-state index contributed by atoms with van der Waals surface area (Å²) in [5.74, 6) is 0.902. The van der Waals surface area contributed by atoms with Gasteiger partial charge in [0.2, 0.25) is 0 Å². The van der Waals surface area contributed by atoms with E-state index in [-0.39, 0.29) is 5.91 Å². The third kappa shape index (κ3) is 5.23. The smallest absolute Gasteiger partial charge is 0.253 e. The average molecular weight is 388 g/mol. The first-order chi connectivity index (χ1) is 14.1. The van der Waals surface area contributed by atoms with E-state index >= 15 is 0 Å². The van der Waals surface area contributed by atoms with Crippen LogP contribution in [-0.2, 0) is 0 Å². The lowest BCUT2D eigenvalue weighted by Crippen LogP contribution is -2.31. The van der Waals surface area contributed by atoms with Crippen molar-refractivity contribution in [1.82, 2.24) is 9.88 Å². The van der Waals surface area contributed by atoms with Gasteiger partial charge in [-0.1, -0.05) is 43.7 Å². The molecule has 0 spiro atoms. The molecule has 0 atom stereocenters. The lowest BCUT2D eigenvalue weighted by molar-refractivity contribution is 0.0762. The first kappa shape index (κ1) is 20.6. The zero-order valence-corrected chi connectivity index (χ0v) is 17.5. The van der Waals surface area contributed by atoms with Gasteiger partial charge in [0.15, 0.2) is 0 Å². The van der Waals surface area contributed by atoms with Crippen LogP contribution in [0.25, 0.3) is 11.1 Å². The second-order valence-electron chi connectivity index (χ2n) is 7.19. The van der Waals surface area contributed by atoms with E-state index in [0.717, 1.165) is 59.7 Å². The third-order valence-electron chi connectivity index (χ3n) is 5.04. The Morgan fingerprint density at radius 1 is 1.03 bits per heavy atom. The molecule has 3 aromatic rings. The average Bonchev–Trinajstić information content (AvgIpc) is 2.76. The molecule has 1 aromatic heterocycles. The van der Waals surface area contributed by atoms with Crippen molar-refractivity contribution in [3.8, 4) is 11.1 Å². The van der Waals surface area contributed by atoms with Gasteiger partial charge in [-0.3, -0.25) is 4.79 Å². The largest absolute Gasteiger partial charge is 0.340 e. The van der Waals surface area contributed by atoms with Gasteiger partial charge in [-0.25, -0.2) is 4.98 Å². The summed E-state index contributed by atoms with van der Waals surface area (Å²) in [5, 5.41) is 3.34. The van der Waals surface area contributed by atoms with Crippen LogP contribution in [0.3, 0.4) is 0 Å². The van der Waals surface area contributed by atoms with Crippen LogP contribution in [0.5, 0.6) is 0 Å². The zero-order chi connectivity index (χ0) is 20.6. The van der Waals surface area contributed by atoms with Crippen molar-refractivity contribution in [2.45, 2.75) is 33.6 Å². The van der Waals surface area contributed by atoms with Gasteiger partial charge in [0.05, 0.1) is 0 Å². The molecule has 0 bridgehead atoms. The number of carbonyl (C=O) groups excluding carboxylic acids is 1. The van der Waals surface area contributed by atoms with E-state index in [1.807, 2.05) is 72.6 Å². The summed E-state index contributed by atoms with van der Waals surface area (Å²) in [6, 6.07) is 20.0. The van der Waals surface area contributed by atoms with Crippen molar-refractivity contribution in [3.05, 3.63) is 78.0 Å². The Hall–Kier alpha value is -3.14. The molecule has 0 fully saturated rings. The number of aromatic nitrogens is 1. The zero-order valence-electron chi connectivity index (χ0n) is 17.5. The quantitative estimate of drug-likeness (QED) is 0.511. The fourth-order valence-corrected chi connectivity index (χ4v) is 3.30. The van der Waals surface area contributed by atoms with Gasteiger partial charge in [0.25, 0.3) is 5.91 Å². The fraction of sp³-hybridized carbons (Fsp3) is 0.280. The van der Waals surface area contributed by atoms with Gasteiger partial charge in [-0.2, -0.15) is 0 Å². The lowest BCUT2D eigenvalue weighted by atomic mass is 10.0. The van der Waals surface area contributed by atoms with Gasteiger partial charge in [0, 0.05) is 30.5 Å². The summed E-state index contributed by atoms with van der Waals surface area (Å²) in [7, 11) is 0. The minimum Gasteiger partial charge on any atom is -0.340 e. The van der Waals surface area contributed by atoms with Crippen LogP contribution in [0, 0.1) is 6.92 Å². The van der Waals surface area contributed by atoms with Gasteiger partial charge < -0.3 is 10.2 Å². The number of rotatable bonds is 8. The molecule has 0 saturated heterocycles. The van der Waals surface area contributed by atoms with E-state index in [4.69, 9.17) is 0 Å². The van der Waals surface area contributed by atoms with Gasteiger partial charge in [-0.15, -0.1) is 0 Å². The van der Waals surface area contributed by atoms with E-state index in [1.54, 1.807) is 0 Å². The number of unbranched alkanes of at least 4 members (excludes halogenated alkanes) is 1. The molecule has 0 aliphatic carbocycles. The van der Waals surface area contributed by atoms with E-state index in [0.29, 0.717) is 0 Å². The highest BCUT2D eigenvalue weighted by Crippen LogP contribution is 2.27. The van der Waals surface area contributed by atoms with Crippen molar-refractivity contribution >= 4 is 17.4 Å². The predicted molar refractivity (Wildman–Crippen MR) is 121 cm³/mol. The number of hydrogen-bond acceptors (Lipinski definition) is 3. The number of carbonyl (C=O) groups is 1. The number of amides is 1. The molecule has 0 saturated carbocycles. The van der Waals surface area contributed by atoms with Crippen molar-refractivity contribution in [2.75, 3.05) is 18.4 Å². The molecule has 0 radical (unpaired) electrons. The molecule has 1 N–H and O–H groups in total. The molecule has 0 aliphatic heterocycles. The molecule has 4 nitrogen and oxygen atoms in total. The van der Waals surface area contributed by atoms with Crippen LogP contribution < -0.4 is 5.32 Å². The number of nitrogens with one attached hydrogen (secondary N) is 1. The highest BCUT2D eigenvalue weighted by atomic mass is 16.2. The van der Waals surface area contributed by atoms with Crippen LogP contribution >= 0.6 is 0 Å². The minimum atomic E-state index is 0.102. The Bertz CT molecular complexity index is 936. The van der Waals surface area contributed by atoms with Crippen molar-refractivity contribution in [3.63, 3.8) is 0 Å². The number of para-hydroxylation sites is 1. The second-order valence-corrected chi connectivity index (χ2v) is 7.19. The van der Waals surface area contributed by atoms with Gasteiger partial charge in [-0.05, 0) is 67.3 Å². The maximum atomic E-state index is 12.8. The van der Waals surface area contributed by atoms with Crippen molar-refractivity contribution in [1.29, 1.82) is 0 Å². The topological polar surface area (TPSA) is 45.2 Å². The number of anilines is 2. The summed E-state index contributed by atoms with van der Waals surface area (Å²) in [6.07, 6.45) is 4.00. The maximum Gasteiger partial charge on any atom is 0.253 e. The second kappa shape index (κ2) is 9.87. The molecule has 3 rings (SSSR count). The molecule has 1 amide bonds. The maximum absolute atomic E-state index is 12.8. The lowest BCUT2D eigenvalue weighted by Gasteiger charge is -2.20. The van der Waals surface area contributed by atoms with Crippen LogP contribution in [0.15, 0.2) is 66.9 Å². The molecule has 2 aromatic carbocycles. The first-order valence-electron chi connectivity index (χ1n) is 10.3. The standard InChI is InChI=1S/C25H29N3O/c1-4-6-16-28(5-2)25(29)21-14-12-20(13-15-21)23-17-24(26-18-19(23)3)27-22-10-8-7-9-11-22/h7-15,17-18H,4-6,16H2,1-3H3,(H,26,27). The highest BCUT2D eigenvalue weighted by Gasteiger charge is 2.14. The first-order valence-corrected chi connectivity index (χ1v) is 10.3. The van der Waals surface area contributed by atoms with E-state index < -0.39 is 0 Å². The Kier molecular flexibility index (Phi) is 7.01. The summed E-state index contributed by atoms with van der Waals surface area (Å²) in [5.41, 5.74) is 5.02. The summed E-state index contributed by atoms with van der Waals surface area (Å²) < 4.78 is 0. The number of aryl methyl sites for hydroxylation is 1. The van der Waals surface area contributed by atoms with Crippen LogP contribution in [0.4, 0.5) is 11.5 Å². The van der Waals surface area contributed by atoms with Crippen molar-refractivity contribution in [2.24, 2.45) is 0 Å². The predicted octanol–water partition coefficient (Wildman–Crippen LogP) is 6.06. The molecule has 4 heteroatoms. The molecule has 0 aliphatic rings. The SMILES string of the molecule is CCCCN(CC)C(=O)c1ccc(-c2cc(Nc3ccccc3)ncc2C)cc1. The Balaban J connectivity index is 1.80. The van der Waals surface area contributed by atoms with Crippen LogP contribution in [-0.4, -0.2) is 28.9 Å². The van der Waals surface area contributed by atoms with Crippen molar-refractivity contribution < 1.29 is 4.79 Å². The summed E-state index contributed by atoms with van der Waals surface area (Å²) in [4.78, 5) is 19.2. The molecular weight excluding hydrogens is 358 g/mol. The van der Waals surface area contributed by atoms with Gasteiger partial charge >= 0.3 is 0 Å². The Labute approximate surface area is 173 Å². The van der Waals surface area contributed by atoms with Crippen LogP contribution in [0.2, 0.25) is 0 Å². The minimum absolute atomic E-state index is 0.102. The number of hydrogen-bond donors (Lipinski definition) is 1. The normalized spacial score (nSPS) is 10.6. The Morgan fingerprint density at radius 3 is 2.41 bits per heavy atom. The van der Waals surface area contributed by atoms with Gasteiger partial charge in [0.1, 0.15) is 5.82 Å². The van der Waals surface area contributed by atoms with E-state index in [9.17, 15) is 4.79 Å². The third-order valence-corrected chi connectivity index (χ3v) is 5.04. The highest BCUT2D eigenvalue weighted by molar-refractivity contribution is 5.94. The molecule has 29 heavy (non-hydrogen) atoms. The molecule has 150 valence electrons.